The number of likely N-dealkylation sites (N-methyl/N-ethyl adjacent to an activating group) is 1. The quantitative estimate of drug-likeness (QED) is 0.715. The lowest BCUT2D eigenvalue weighted by molar-refractivity contribution is 0.113. The van der Waals surface area contributed by atoms with Crippen LogP contribution in [0.1, 0.15) is 56.6 Å². The first-order valence-electron chi connectivity index (χ1n) is 8.80. The number of rotatable bonds is 5. The van der Waals surface area contributed by atoms with Crippen molar-refractivity contribution < 1.29 is 0 Å². The van der Waals surface area contributed by atoms with Gasteiger partial charge in [-0.2, -0.15) is 4.98 Å². The standard InChI is InChI=1S/C17H30N6.2ClH/c1-23(2)17(6-4-3-5-7-17)11-20-15-10-14(21-16(19)22-15)12-8-13(18)9-12;;/h10,12-13H,3-9,11,18H2,1-2H3,(H3,19,20,21,22);2*1H. The molecule has 0 amide bonds. The summed E-state index contributed by atoms with van der Waals surface area (Å²) < 4.78 is 0. The van der Waals surface area contributed by atoms with E-state index in [9.17, 15) is 0 Å². The maximum absolute atomic E-state index is 5.91. The first kappa shape index (κ1) is 22.2. The van der Waals surface area contributed by atoms with Crippen LogP contribution in [0.5, 0.6) is 0 Å². The summed E-state index contributed by atoms with van der Waals surface area (Å²) in [6.45, 7) is 0.903. The summed E-state index contributed by atoms with van der Waals surface area (Å²) in [7, 11) is 4.37. The Kier molecular flexibility index (Phi) is 8.19. The number of nitrogens with two attached hydrogens (primary N) is 2. The van der Waals surface area contributed by atoms with Crippen molar-refractivity contribution in [2.24, 2.45) is 5.73 Å². The second-order valence-corrected chi connectivity index (χ2v) is 7.50. The first-order valence-corrected chi connectivity index (χ1v) is 8.80. The number of halogens is 2. The maximum Gasteiger partial charge on any atom is 0.222 e. The first-order chi connectivity index (χ1) is 11.0. The van der Waals surface area contributed by atoms with E-state index in [4.69, 9.17) is 11.5 Å². The van der Waals surface area contributed by atoms with Gasteiger partial charge in [-0.25, -0.2) is 4.98 Å². The topological polar surface area (TPSA) is 93.1 Å². The molecular weight excluding hydrogens is 359 g/mol. The molecule has 0 bridgehead atoms. The van der Waals surface area contributed by atoms with Crippen LogP contribution in [0.2, 0.25) is 0 Å². The minimum absolute atomic E-state index is 0. The maximum atomic E-state index is 5.91. The van der Waals surface area contributed by atoms with Gasteiger partial charge < -0.3 is 21.7 Å². The van der Waals surface area contributed by atoms with Crippen molar-refractivity contribution >= 4 is 36.6 Å². The largest absolute Gasteiger partial charge is 0.368 e. The molecule has 1 heterocycles. The Morgan fingerprint density at radius 3 is 2.36 bits per heavy atom. The van der Waals surface area contributed by atoms with Crippen LogP contribution in [0, 0.1) is 0 Å². The third-order valence-corrected chi connectivity index (χ3v) is 5.69. The molecule has 5 N–H and O–H groups in total. The molecular formula is C17H32Cl2N6. The summed E-state index contributed by atoms with van der Waals surface area (Å²) in [5.41, 5.74) is 13.1. The Balaban J connectivity index is 0.00000156. The van der Waals surface area contributed by atoms with Crippen LogP contribution in [0.4, 0.5) is 11.8 Å². The zero-order chi connectivity index (χ0) is 16.4. The molecule has 0 spiro atoms. The summed E-state index contributed by atoms with van der Waals surface area (Å²) in [6.07, 6.45) is 8.42. The van der Waals surface area contributed by atoms with Crippen LogP contribution in [0.15, 0.2) is 6.07 Å². The van der Waals surface area contributed by atoms with E-state index >= 15 is 0 Å². The number of anilines is 2. The molecule has 8 heteroatoms. The molecule has 2 aliphatic rings. The lowest BCUT2D eigenvalue weighted by Crippen LogP contribution is -2.51. The molecule has 0 atom stereocenters. The van der Waals surface area contributed by atoms with E-state index < -0.39 is 0 Å². The third-order valence-electron chi connectivity index (χ3n) is 5.69. The Morgan fingerprint density at radius 2 is 1.80 bits per heavy atom. The van der Waals surface area contributed by atoms with Gasteiger partial charge in [0.2, 0.25) is 5.95 Å². The third kappa shape index (κ3) is 5.09. The van der Waals surface area contributed by atoms with Gasteiger partial charge in [0.25, 0.3) is 0 Å². The van der Waals surface area contributed by atoms with Crippen LogP contribution >= 0.6 is 24.8 Å². The van der Waals surface area contributed by atoms with Gasteiger partial charge in [-0.15, -0.1) is 24.8 Å². The van der Waals surface area contributed by atoms with Crippen molar-refractivity contribution in [1.82, 2.24) is 14.9 Å². The Hall–Kier alpha value is -0.820. The Labute approximate surface area is 163 Å². The molecule has 144 valence electrons. The molecule has 2 fully saturated rings. The van der Waals surface area contributed by atoms with Gasteiger partial charge in [0.15, 0.2) is 0 Å². The van der Waals surface area contributed by atoms with Gasteiger partial charge in [0.05, 0.1) is 5.69 Å². The predicted octanol–water partition coefficient (Wildman–Crippen LogP) is 2.78. The van der Waals surface area contributed by atoms with Crippen LogP contribution in [-0.4, -0.2) is 47.1 Å². The molecule has 0 aliphatic heterocycles. The molecule has 3 rings (SSSR count). The lowest BCUT2D eigenvalue weighted by atomic mass is 9.78. The molecule has 2 saturated carbocycles. The summed E-state index contributed by atoms with van der Waals surface area (Å²) in [6, 6.07) is 2.37. The van der Waals surface area contributed by atoms with Crippen LogP contribution < -0.4 is 16.8 Å². The number of nitrogen functional groups attached to an aromatic ring is 1. The molecule has 1 aromatic heterocycles. The molecule has 2 aliphatic carbocycles. The van der Waals surface area contributed by atoms with Gasteiger partial charge in [-0.05, 0) is 39.8 Å². The van der Waals surface area contributed by atoms with E-state index in [-0.39, 0.29) is 30.4 Å². The lowest BCUT2D eigenvalue weighted by Gasteiger charge is -2.43. The number of hydrogen-bond acceptors (Lipinski definition) is 6. The highest BCUT2D eigenvalue weighted by Gasteiger charge is 2.34. The molecule has 0 unspecified atom stereocenters. The fourth-order valence-corrected chi connectivity index (χ4v) is 3.94. The van der Waals surface area contributed by atoms with E-state index in [2.05, 4.69) is 40.3 Å². The normalized spacial score (nSPS) is 24.6. The fourth-order valence-electron chi connectivity index (χ4n) is 3.94. The minimum atomic E-state index is 0. The zero-order valence-corrected chi connectivity index (χ0v) is 16.8. The summed E-state index contributed by atoms with van der Waals surface area (Å²) >= 11 is 0. The summed E-state index contributed by atoms with van der Waals surface area (Å²) in [4.78, 5) is 11.1. The van der Waals surface area contributed by atoms with Gasteiger partial charge in [-0.3, -0.25) is 0 Å². The van der Waals surface area contributed by atoms with E-state index in [1.807, 2.05) is 0 Å². The highest BCUT2D eigenvalue weighted by atomic mass is 35.5. The number of hydrogen-bond donors (Lipinski definition) is 3. The van der Waals surface area contributed by atoms with Crippen LogP contribution in [0.25, 0.3) is 0 Å². The highest BCUT2D eigenvalue weighted by molar-refractivity contribution is 5.85. The van der Waals surface area contributed by atoms with Crippen LogP contribution in [0.3, 0.4) is 0 Å². The van der Waals surface area contributed by atoms with Crippen molar-refractivity contribution in [2.45, 2.75) is 62.4 Å². The SMILES string of the molecule is CN(C)C1(CNc2cc(C3CC(N)C3)nc(N)n2)CCCCC1.Cl.Cl. The Bertz CT molecular complexity index is 542. The monoisotopic (exact) mass is 390 g/mol. The summed E-state index contributed by atoms with van der Waals surface area (Å²) in [5, 5.41) is 3.53. The van der Waals surface area contributed by atoms with Crippen molar-refractivity contribution in [3.8, 4) is 0 Å². The number of aromatic nitrogens is 2. The summed E-state index contributed by atoms with van der Waals surface area (Å²) in [5.74, 6) is 1.64. The fraction of sp³-hybridized carbons (Fsp3) is 0.765. The average molecular weight is 391 g/mol. The molecule has 0 aromatic carbocycles. The van der Waals surface area contributed by atoms with Crippen molar-refractivity contribution in [3.05, 3.63) is 11.8 Å². The van der Waals surface area contributed by atoms with E-state index in [1.165, 1.54) is 32.1 Å². The number of nitrogens with one attached hydrogen (secondary N) is 1. The van der Waals surface area contributed by atoms with Gasteiger partial charge in [-0.1, -0.05) is 19.3 Å². The van der Waals surface area contributed by atoms with Gasteiger partial charge in [0, 0.05) is 30.1 Å². The minimum Gasteiger partial charge on any atom is -0.368 e. The number of nitrogens with zero attached hydrogens (tertiary/aromatic N) is 3. The molecule has 0 saturated heterocycles. The average Bonchev–Trinajstić information content (AvgIpc) is 2.50. The molecule has 25 heavy (non-hydrogen) atoms. The van der Waals surface area contributed by atoms with Crippen molar-refractivity contribution in [2.75, 3.05) is 31.7 Å². The zero-order valence-electron chi connectivity index (χ0n) is 15.2. The van der Waals surface area contributed by atoms with Gasteiger partial charge >= 0.3 is 0 Å². The smallest absolute Gasteiger partial charge is 0.222 e. The van der Waals surface area contributed by atoms with E-state index in [0.717, 1.165) is 30.9 Å². The van der Waals surface area contributed by atoms with E-state index in [1.54, 1.807) is 0 Å². The predicted molar refractivity (Wildman–Crippen MR) is 109 cm³/mol. The molecule has 6 nitrogen and oxygen atoms in total. The van der Waals surface area contributed by atoms with E-state index in [0.29, 0.717) is 17.9 Å². The van der Waals surface area contributed by atoms with Crippen LogP contribution in [-0.2, 0) is 0 Å². The Morgan fingerprint density at radius 1 is 1.16 bits per heavy atom. The molecule has 0 radical (unpaired) electrons. The second kappa shape index (κ2) is 9.21. The van der Waals surface area contributed by atoms with Crippen molar-refractivity contribution in [3.63, 3.8) is 0 Å². The van der Waals surface area contributed by atoms with Gasteiger partial charge in [0.1, 0.15) is 5.82 Å². The second-order valence-electron chi connectivity index (χ2n) is 7.50. The molecule has 1 aromatic rings. The van der Waals surface area contributed by atoms with Crippen molar-refractivity contribution in [1.29, 1.82) is 0 Å². The highest BCUT2D eigenvalue weighted by Crippen LogP contribution is 2.36.